The van der Waals surface area contributed by atoms with Crippen LogP contribution in [0.1, 0.15) is 47.2 Å². The Bertz CT molecular complexity index is 1110. The van der Waals surface area contributed by atoms with Crippen LogP contribution in [0.15, 0.2) is 42.5 Å². The van der Waals surface area contributed by atoms with Crippen LogP contribution in [0.25, 0.3) is 11.1 Å². The number of carbonyl (C=O) groups excluding carboxylic acids is 1. The summed E-state index contributed by atoms with van der Waals surface area (Å²) in [5, 5.41) is 18.4. The largest absolute Gasteiger partial charge is 0.465 e. The lowest BCUT2D eigenvalue weighted by atomic mass is 9.69. The van der Waals surface area contributed by atoms with Crippen molar-refractivity contribution in [3.63, 3.8) is 0 Å². The molecule has 32 heavy (non-hydrogen) atoms. The first-order valence-electron chi connectivity index (χ1n) is 10.4. The standard InChI is InChI=1S/C24H21F3N2O3/c25-24(26,27)14-29(22(31)32)19-6-8-23(9-7-19)12-18-5-4-17(11-20(18)21(23)30)16-3-1-2-15(10-16)13-28/h1-5,10-11,19H,6-9,12,14H2,(H,31,32). The van der Waals surface area contributed by atoms with Gasteiger partial charge in [0.1, 0.15) is 6.54 Å². The smallest absolute Gasteiger partial charge is 0.407 e. The first kappa shape index (κ1) is 21.9. The Kier molecular flexibility index (Phi) is 5.45. The highest BCUT2D eigenvalue weighted by Crippen LogP contribution is 2.48. The highest BCUT2D eigenvalue weighted by atomic mass is 19.4. The van der Waals surface area contributed by atoms with Crippen molar-refractivity contribution >= 4 is 11.9 Å². The second-order valence-corrected chi connectivity index (χ2v) is 8.61. The topological polar surface area (TPSA) is 81.4 Å². The fourth-order valence-corrected chi connectivity index (χ4v) is 5.04. The first-order chi connectivity index (χ1) is 15.1. The third kappa shape index (κ3) is 4.07. The van der Waals surface area contributed by atoms with Gasteiger partial charge in [0, 0.05) is 17.0 Å². The van der Waals surface area contributed by atoms with Crippen molar-refractivity contribution < 1.29 is 27.9 Å². The summed E-state index contributed by atoms with van der Waals surface area (Å²) in [6.07, 6.45) is -4.53. The van der Waals surface area contributed by atoms with Crippen LogP contribution in [-0.2, 0) is 6.42 Å². The second-order valence-electron chi connectivity index (χ2n) is 8.61. The molecule has 8 heteroatoms. The molecule has 2 aliphatic rings. The molecule has 0 aromatic heterocycles. The van der Waals surface area contributed by atoms with Crippen molar-refractivity contribution in [2.45, 2.75) is 44.3 Å². The number of halogens is 3. The predicted octanol–water partition coefficient (Wildman–Crippen LogP) is 5.44. The van der Waals surface area contributed by atoms with Gasteiger partial charge in [-0.3, -0.25) is 9.69 Å². The minimum atomic E-state index is -4.60. The van der Waals surface area contributed by atoms with E-state index in [9.17, 15) is 27.9 Å². The van der Waals surface area contributed by atoms with Crippen LogP contribution >= 0.6 is 0 Å². The fourth-order valence-electron chi connectivity index (χ4n) is 5.04. The number of amides is 1. The monoisotopic (exact) mass is 442 g/mol. The Balaban J connectivity index is 1.53. The van der Waals surface area contributed by atoms with E-state index in [1.807, 2.05) is 24.3 Å². The van der Waals surface area contributed by atoms with Crippen molar-refractivity contribution in [2.75, 3.05) is 6.54 Å². The number of rotatable bonds is 3. The zero-order valence-electron chi connectivity index (χ0n) is 17.2. The summed E-state index contributed by atoms with van der Waals surface area (Å²) >= 11 is 0. The minimum Gasteiger partial charge on any atom is -0.465 e. The fraction of sp³-hybridized carbons (Fsp3) is 0.375. The molecule has 0 aliphatic heterocycles. The van der Waals surface area contributed by atoms with Crippen molar-refractivity contribution in [3.05, 3.63) is 59.2 Å². The van der Waals surface area contributed by atoms with E-state index in [-0.39, 0.29) is 18.6 Å². The number of Topliss-reactive ketones (excluding diaryl/α,β-unsaturated/α-hetero) is 1. The number of hydrogen-bond acceptors (Lipinski definition) is 3. The molecule has 1 saturated carbocycles. The number of carbonyl (C=O) groups is 2. The average molecular weight is 442 g/mol. The number of fused-ring (bicyclic) bond motifs is 1. The highest BCUT2D eigenvalue weighted by Gasteiger charge is 2.49. The summed E-state index contributed by atoms with van der Waals surface area (Å²) in [5.74, 6) is -0.0260. The van der Waals surface area contributed by atoms with Crippen LogP contribution in [0.4, 0.5) is 18.0 Å². The molecule has 0 saturated heterocycles. The van der Waals surface area contributed by atoms with Crippen LogP contribution < -0.4 is 0 Å². The van der Waals surface area contributed by atoms with Gasteiger partial charge in [0.15, 0.2) is 5.78 Å². The molecule has 5 nitrogen and oxygen atoms in total. The van der Waals surface area contributed by atoms with Gasteiger partial charge in [0.25, 0.3) is 0 Å². The maximum absolute atomic E-state index is 13.4. The normalized spacial score (nSPS) is 22.4. The summed E-state index contributed by atoms with van der Waals surface area (Å²) in [6.45, 7) is -1.50. The molecule has 0 heterocycles. The number of benzene rings is 2. The molecule has 4 rings (SSSR count). The predicted molar refractivity (Wildman–Crippen MR) is 110 cm³/mol. The molecule has 1 fully saturated rings. The number of hydrogen-bond donors (Lipinski definition) is 1. The van der Waals surface area contributed by atoms with E-state index in [2.05, 4.69) is 6.07 Å². The van der Waals surface area contributed by atoms with Gasteiger partial charge in [-0.05, 0) is 67.0 Å². The summed E-state index contributed by atoms with van der Waals surface area (Å²) in [6, 6.07) is 14.1. The lowest BCUT2D eigenvalue weighted by Crippen LogP contribution is -2.48. The van der Waals surface area contributed by atoms with Crippen molar-refractivity contribution in [2.24, 2.45) is 5.41 Å². The van der Waals surface area contributed by atoms with Crippen LogP contribution in [0.2, 0.25) is 0 Å². The van der Waals surface area contributed by atoms with Gasteiger partial charge in [0.05, 0.1) is 11.6 Å². The van der Waals surface area contributed by atoms with Gasteiger partial charge in [-0.15, -0.1) is 0 Å². The Morgan fingerprint density at radius 1 is 1.16 bits per heavy atom. The molecular weight excluding hydrogens is 421 g/mol. The van der Waals surface area contributed by atoms with Crippen LogP contribution in [-0.4, -0.2) is 40.6 Å². The average Bonchev–Trinajstić information content (AvgIpc) is 3.03. The maximum Gasteiger partial charge on any atom is 0.407 e. The molecule has 0 atom stereocenters. The van der Waals surface area contributed by atoms with E-state index < -0.39 is 30.3 Å². The molecule has 2 aliphatic carbocycles. The lowest BCUT2D eigenvalue weighted by molar-refractivity contribution is -0.147. The molecule has 2 aromatic rings. The maximum atomic E-state index is 13.4. The van der Waals surface area contributed by atoms with Crippen LogP contribution in [0, 0.1) is 16.7 Å². The van der Waals surface area contributed by atoms with E-state index in [1.165, 1.54) is 0 Å². The zero-order valence-corrected chi connectivity index (χ0v) is 17.2. The Hall–Kier alpha value is -3.34. The van der Waals surface area contributed by atoms with Crippen molar-refractivity contribution in [1.29, 1.82) is 5.26 Å². The summed E-state index contributed by atoms with van der Waals surface area (Å²) < 4.78 is 38.4. The third-order valence-electron chi connectivity index (χ3n) is 6.64. The minimum absolute atomic E-state index is 0.0260. The number of ketones is 1. The lowest BCUT2D eigenvalue weighted by Gasteiger charge is -2.40. The second kappa shape index (κ2) is 7.97. The number of carboxylic acid groups (broad SMARTS) is 1. The zero-order chi connectivity index (χ0) is 23.1. The Labute approximate surface area is 183 Å². The van der Waals surface area contributed by atoms with Crippen LogP contribution in [0.5, 0.6) is 0 Å². The van der Waals surface area contributed by atoms with Crippen molar-refractivity contribution in [3.8, 4) is 17.2 Å². The molecule has 1 N–H and O–H groups in total. The van der Waals surface area contributed by atoms with Gasteiger partial charge in [-0.1, -0.05) is 24.3 Å². The van der Waals surface area contributed by atoms with Gasteiger partial charge < -0.3 is 5.11 Å². The van der Waals surface area contributed by atoms with E-state index in [4.69, 9.17) is 5.26 Å². The first-order valence-corrected chi connectivity index (χ1v) is 10.4. The van der Waals surface area contributed by atoms with Crippen LogP contribution in [0.3, 0.4) is 0 Å². The molecule has 2 aromatic carbocycles. The van der Waals surface area contributed by atoms with Crippen molar-refractivity contribution in [1.82, 2.24) is 4.90 Å². The van der Waals surface area contributed by atoms with Gasteiger partial charge in [-0.25, -0.2) is 4.79 Å². The van der Waals surface area contributed by atoms with E-state index in [0.717, 1.165) is 16.7 Å². The highest BCUT2D eigenvalue weighted by molar-refractivity contribution is 6.05. The molecule has 166 valence electrons. The quantitative estimate of drug-likeness (QED) is 0.687. The van der Waals surface area contributed by atoms with E-state index >= 15 is 0 Å². The molecule has 1 amide bonds. The summed E-state index contributed by atoms with van der Waals surface area (Å²) in [5.41, 5.74) is 2.99. The number of nitriles is 1. The molecule has 0 radical (unpaired) electrons. The Morgan fingerprint density at radius 2 is 1.84 bits per heavy atom. The number of alkyl halides is 3. The molecule has 0 bridgehead atoms. The molecule has 1 spiro atoms. The van der Waals surface area contributed by atoms with Gasteiger partial charge in [-0.2, -0.15) is 18.4 Å². The SMILES string of the molecule is N#Cc1cccc(-c2ccc3c(c2)C(=O)C2(CCC(N(CC(F)(F)F)C(=O)O)CC2)C3)c1. The van der Waals surface area contributed by atoms with E-state index in [0.29, 0.717) is 35.3 Å². The van der Waals surface area contributed by atoms with E-state index in [1.54, 1.807) is 18.2 Å². The summed E-state index contributed by atoms with van der Waals surface area (Å²) in [4.78, 5) is 25.2. The number of nitrogens with zero attached hydrogens (tertiary/aromatic N) is 2. The Morgan fingerprint density at radius 3 is 2.47 bits per heavy atom. The van der Waals surface area contributed by atoms with Gasteiger partial charge >= 0.3 is 12.3 Å². The van der Waals surface area contributed by atoms with Gasteiger partial charge in [0.2, 0.25) is 0 Å². The molecular formula is C24H21F3N2O3. The summed E-state index contributed by atoms with van der Waals surface area (Å²) in [7, 11) is 0. The third-order valence-corrected chi connectivity index (χ3v) is 6.64. The molecule has 0 unspecified atom stereocenters.